The lowest BCUT2D eigenvalue weighted by Gasteiger charge is -2.13. The van der Waals surface area contributed by atoms with E-state index < -0.39 is 5.97 Å². The predicted molar refractivity (Wildman–Crippen MR) is 142 cm³/mol. The van der Waals surface area contributed by atoms with Gasteiger partial charge in [0.05, 0.1) is 29.9 Å². The molecule has 0 spiro atoms. The summed E-state index contributed by atoms with van der Waals surface area (Å²) in [6.07, 6.45) is 1.77. The molecule has 0 aromatic heterocycles. The Morgan fingerprint density at radius 2 is 1.84 bits per heavy atom. The first-order chi connectivity index (χ1) is 17.9. The third kappa shape index (κ3) is 6.37. The second-order valence-corrected chi connectivity index (χ2v) is 8.97. The van der Waals surface area contributed by atoms with Crippen molar-refractivity contribution in [3.8, 4) is 11.5 Å². The fourth-order valence-electron chi connectivity index (χ4n) is 3.49. The Morgan fingerprint density at radius 3 is 2.54 bits per heavy atom. The van der Waals surface area contributed by atoms with Crippen LogP contribution in [0, 0.1) is 5.82 Å². The van der Waals surface area contributed by atoms with E-state index in [2.05, 4.69) is 4.99 Å². The van der Waals surface area contributed by atoms with Gasteiger partial charge >= 0.3 is 5.97 Å². The Morgan fingerprint density at radius 1 is 1.05 bits per heavy atom. The van der Waals surface area contributed by atoms with E-state index in [4.69, 9.17) is 14.2 Å². The number of carbonyl (C=O) groups is 2. The Hall–Kier alpha value is -4.11. The molecule has 7 nitrogen and oxygen atoms in total. The number of nitrogens with zero attached hydrogens (tertiary/aromatic N) is 2. The number of halogens is 1. The van der Waals surface area contributed by atoms with Gasteiger partial charge in [-0.3, -0.25) is 9.69 Å². The predicted octanol–water partition coefficient (Wildman–Crippen LogP) is 5.82. The van der Waals surface area contributed by atoms with Gasteiger partial charge in [0.25, 0.3) is 5.91 Å². The third-order valence-corrected chi connectivity index (χ3v) is 6.43. The van der Waals surface area contributed by atoms with E-state index in [1.807, 2.05) is 13.0 Å². The number of benzene rings is 3. The van der Waals surface area contributed by atoms with Crippen LogP contribution in [0.5, 0.6) is 11.5 Å². The first-order valence-electron chi connectivity index (χ1n) is 11.5. The molecule has 0 unspecified atom stereocenters. The summed E-state index contributed by atoms with van der Waals surface area (Å²) < 4.78 is 29.8. The number of likely N-dealkylation sites (N-methyl/N-ethyl adjacent to an activating group) is 1. The number of esters is 1. The van der Waals surface area contributed by atoms with Gasteiger partial charge in [-0.05, 0) is 84.4 Å². The van der Waals surface area contributed by atoms with Gasteiger partial charge in [0, 0.05) is 7.05 Å². The number of hydrogen-bond donors (Lipinski definition) is 0. The maximum absolute atomic E-state index is 13.5. The van der Waals surface area contributed by atoms with Crippen molar-refractivity contribution in [3.63, 3.8) is 0 Å². The second-order valence-electron chi connectivity index (χ2n) is 7.97. The highest BCUT2D eigenvalue weighted by molar-refractivity contribution is 8.18. The van der Waals surface area contributed by atoms with Crippen molar-refractivity contribution >= 4 is 40.6 Å². The molecule has 3 aromatic rings. The Balaban J connectivity index is 1.52. The van der Waals surface area contributed by atoms with Crippen molar-refractivity contribution in [2.45, 2.75) is 13.5 Å². The SMILES string of the molecule is CCOc1cc(/C=C2\SC(=Nc3ccc(C(=O)OC)cc3)N(C)C2=O)ccc1OCc1cccc(F)c1. The molecular weight excluding hydrogens is 495 g/mol. The lowest BCUT2D eigenvalue weighted by Crippen LogP contribution is -2.23. The van der Waals surface area contributed by atoms with Crippen molar-refractivity contribution in [2.75, 3.05) is 20.8 Å². The van der Waals surface area contributed by atoms with E-state index in [9.17, 15) is 14.0 Å². The van der Waals surface area contributed by atoms with Gasteiger partial charge in [-0.1, -0.05) is 18.2 Å². The van der Waals surface area contributed by atoms with Crippen LogP contribution < -0.4 is 9.47 Å². The van der Waals surface area contributed by atoms with Crippen molar-refractivity contribution in [2.24, 2.45) is 4.99 Å². The van der Waals surface area contributed by atoms with Gasteiger partial charge in [-0.25, -0.2) is 14.2 Å². The summed E-state index contributed by atoms with van der Waals surface area (Å²) in [4.78, 5) is 31.0. The summed E-state index contributed by atoms with van der Waals surface area (Å²) in [7, 11) is 2.98. The number of amidine groups is 1. The average molecular weight is 521 g/mol. The summed E-state index contributed by atoms with van der Waals surface area (Å²) in [6, 6.07) is 18.2. The molecule has 190 valence electrons. The number of aliphatic imine (C=N–C) groups is 1. The normalized spacial score (nSPS) is 15.4. The van der Waals surface area contributed by atoms with Crippen LogP contribution in [0.3, 0.4) is 0 Å². The number of thioether (sulfide) groups is 1. The third-order valence-electron chi connectivity index (χ3n) is 5.37. The van der Waals surface area contributed by atoms with Gasteiger partial charge in [0.2, 0.25) is 0 Å². The lowest BCUT2D eigenvalue weighted by atomic mass is 10.1. The van der Waals surface area contributed by atoms with Gasteiger partial charge in [-0.2, -0.15) is 0 Å². The molecule has 0 bridgehead atoms. The molecule has 3 aromatic carbocycles. The van der Waals surface area contributed by atoms with Crippen LogP contribution in [0.4, 0.5) is 10.1 Å². The molecule has 4 rings (SSSR count). The highest BCUT2D eigenvalue weighted by Gasteiger charge is 2.30. The quantitative estimate of drug-likeness (QED) is 0.275. The maximum atomic E-state index is 13.5. The van der Waals surface area contributed by atoms with E-state index in [-0.39, 0.29) is 18.3 Å². The number of hydrogen-bond acceptors (Lipinski definition) is 7. The van der Waals surface area contributed by atoms with E-state index in [0.29, 0.717) is 45.0 Å². The van der Waals surface area contributed by atoms with Gasteiger partial charge in [0.15, 0.2) is 16.7 Å². The molecule has 0 radical (unpaired) electrons. The highest BCUT2D eigenvalue weighted by atomic mass is 32.2. The molecule has 1 aliphatic heterocycles. The second kappa shape index (κ2) is 11.7. The molecule has 0 atom stereocenters. The fraction of sp³-hybridized carbons (Fsp3) is 0.179. The zero-order valence-electron chi connectivity index (χ0n) is 20.6. The summed E-state index contributed by atoms with van der Waals surface area (Å²) in [5, 5.41) is 0.516. The zero-order valence-corrected chi connectivity index (χ0v) is 21.4. The molecule has 1 amide bonds. The minimum Gasteiger partial charge on any atom is -0.490 e. The van der Waals surface area contributed by atoms with Crippen molar-refractivity contribution in [1.29, 1.82) is 0 Å². The standard InChI is InChI=1S/C28H25FN2O5S/c1-4-35-24-15-18(8-13-23(24)36-17-19-6-5-7-21(29)14-19)16-25-26(32)31(2)28(37-25)30-22-11-9-20(10-12-22)27(33)34-3/h5-16H,4,17H2,1-3H3/b25-16-,30-28?. The van der Waals surface area contributed by atoms with Crippen LogP contribution in [0.15, 0.2) is 76.6 Å². The fourth-order valence-corrected chi connectivity index (χ4v) is 4.48. The summed E-state index contributed by atoms with van der Waals surface area (Å²) >= 11 is 1.25. The van der Waals surface area contributed by atoms with E-state index in [1.165, 1.54) is 35.9 Å². The number of amides is 1. The summed E-state index contributed by atoms with van der Waals surface area (Å²) in [5.41, 5.74) is 2.49. The maximum Gasteiger partial charge on any atom is 0.337 e. The molecule has 1 fully saturated rings. The molecule has 9 heteroatoms. The van der Waals surface area contributed by atoms with Crippen LogP contribution in [0.2, 0.25) is 0 Å². The molecule has 0 saturated carbocycles. The number of rotatable bonds is 8. The van der Waals surface area contributed by atoms with Gasteiger partial charge in [0.1, 0.15) is 12.4 Å². The van der Waals surface area contributed by atoms with Crippen LogP contribution in [-0.4, -0.2) is 42.7 Å². The summed E-state index contributed by atoms with van der Waals surface area (Å²) in [6.45, 7) is 2.49. The molecule has 0 aliphatic carbocycles. The zero-order chi connectivity index (χ0) is 26.4. The topological polar surface area (TPSA) is 77.4 Å². The lowest BCUT2D eigenvalue weighted by molar-refractivity contribution is -0.121. The van der Waals surface area contributed by atoms with E-state index in [0.717, 1.165) is 5.56 Å². The number of carbonyl (C=O) groups excluding carboxylic acids is 2. The smallest absolute Gasteiger partial charge is 0.337 e. The molecule has 1 aliphatic rings. The van der Waals surface area contributed by atoms with Gasteiger partial charge in [-0.15, -0.1) is 0 Å². The van der Waals surface area contributed by atoms with E-state index in [1.54, 1.807) is 61.7 Å². The van der Waals surface area contributed by atoms with E-state index >= 15 is 0 Å². The largest absolute Gasteiger partial charge is 0.490 e. The number of ether oxygens (including phenoxy) is 3. The van der Waals surface area contributed by atoms with Gasteiger partial charge < -0.3 is 14.2 Å². The van der Waals surface area contributed by atoms with Crippen LogP contribution in [0.25, 0.3) is 6.08 Å². The minimum atomic E-state index is -0.427. The summed E-state index contributed by atoms with van der Waals surface area (Å²) in [5.74, 6) is 0.117. The molecule has 0 N–H and O–H groups in total. The first kappa shape index (κ1) is 26.0. The van der Waals surface area contributed by atoms with Crippen molar-refractivity contribution in [1.82, 2.24) is 4.90 Å². The Bertz CT molecular complexity index is 1370. The highest BCUT2D eigenvalue weighted by Crippen LogP contribution is 2.35. The Kier molecular flexibility index (Phi) is 8.25. The van der Waals surface area contributed by atoms with Crippen LogP contribution in [-0.2, 0) is 16.1 Å². The Labute approximate surface area is 218 Å². The minimum absolute atomic E-state index is 0.181. The number of methoxy groups -OCH3 is 1. The molecule has 1 saturated heterocycles. The van der Waals surface area contributed by atoms with Crippen molar-refractivity contribution < 1.29 is 28.2 Å². The molecule has 37 heavy (non-hydrogen) atoms. The van der Waals surface area contributed by atoms with Crippen LogP contribution in [0.1, 0.15) is 28.4 Å². The monoisotopic (exact) mass is 520 g/mol. The first-order valence-corrected chi connectivity index (χ1v) is 12.3. The average Bonchev–Trinajstić information content (AvgIpc) is 3.16. The van der Waals surface area contributed by atoms with Crippen molar-refractivity contribution in [3.05, 3.63) is 94.1 Å². The molecule has 1 heterocycles. The van der Waals surface area contributed by atoms with Crippen LogP contribution >= 0.6 is 11.8 Å². The molecular formula is C28H25FN2O5S.